The summed E-state index contributed by atoms with van der Waals surface area (Å²) in [6.07, 6.45) is 1.47. The van der Waals surface area contributed by atoms with E-state index in [0.29, 0.717) is 22.5 Å². The largest absolute Gasteiger partial charge is 0.464 e. The number of halogens is 1. The van der Waals surface area contributed by atoms with Gasteiger partial charge < -0.3 is 14.6 Å². The van der Waals surface area contributed by atoms with Crippen LogP contribution in [0.15, 0.2) is 70.2 Å². The lowest BCUT2D eigenvalue weighted by Gasteiger charge is -2.44. The number of sulfonamides is 1. The summed E-state index contributed by atoms with van der Waals surface area (Å²) < 4.78 is 48.3. The highest BCUT2D eigenvalue weighted by molar-refractivity contribution is 7.89. The maximum absolute atomic E-state index is 15.1. The first-order valence-electron chi connectivity index (χ1n) is 12.5. The van der Waals surface area contributed by atoms with E-state index in [0.717, 1.165) is 0 Å². The van der Waals surface area contributed by atoms with Crippen LogP contribution in [-0.4, -0.2) is 54.6 Å². The fraction of sp³-hybridized carbons (Fsp3) is 0.357. The van der Waals surface area contributed by atoms with Crippen LogP contribution < -0.4 is 5.32 Å². The molecule has 1 N–H and O–H groups in total. The molecule has 2 unspecified atom stereocenters. The highest BCUT2D eigenvalue weighted by Gasteiger charge is 2.43. The number of furan rings is 1. The zero-order chi connectivity index (χ0) is 27.6. The van der Waals surface area contributed by atoms with Gasteiger partial charge in [-0.25, -0.2) is 12.8 Å². The van der Waals surface area contributed by atoms with Crippen molar-refractivity contribution in [1.29, 1.82) is 0 Å². The molecule has 0 aliphatic carbocycles. The Morgan fingerprint density at radius 1 is 1.08 bits per heavy atom. The van der Waals surface area contributed by atoms with Gasteiger partial charge in [0.2, 0.25) is 21.8 Å². The monoisotopic (exact) mass is 541 g/mol. The number of amides is 2. The number of hydrogen-bond donors (Lipinski definition) is 1. The molecule has 2 atom stereocenters. The van der Waals surface area contributed by atoms with E-state index in [2.05, 4.69) is 5.32 Å². The Kier molecular flexibility index (Phi) is 8.03. The van der Waals surface area contributed by atoms with Gasteiger partial charge in [0.1, 0.15) is 17.6 Å². The molecule has 1 aromatic heterocycles. The molecule has 202 valence electrons. The maximum atomic E-state index is 15.1. The molecule has 4 rings (SSSR count). The van der Waals surface area contributed by atoms with E-state index >= 15 is 4.39 Å². The summed E-state index contributed by atoms with van der Waals surface area (Å²) in [5, 5.41) is 2.80. The molecule has 2 heterocycles. The SMILES string of the molecule is Cc1c(CNC(=O)C2CN(S(=O)(=O)c3ccccc3)CC(C)N2C(=O)C(C)C)ccc(-c2ccco2)c1F. The van der Waals surface area contributed by atoms with Crippen molar-refractivity contribution in [3.8, 4) is 11.3 Å². The van der Waals surface area contributed by atoms with E-state index in [9.17, 15) is 18.0 Å². The van der Waals surface area contributed by atoms with Gasteiger partial charge >= 0.3 is 0 Å². The Hall–Kier alpha value is -3.50. The Morgan fingerprint density at radius 2 is 1.79 bits per heavy atom. The molecule has 1 fully saturated rings. The van der Waals surface area contributed by atoms with Gasteiger partial charge in [-0.3, -0.25) is 9.59 Å². The number of piperazine rings is 1. The summed E-state index contributed by atoms with van der Waals surface area (Å²) in [6, 6.07) is 13.1. The fourth-order valence-electron chi connectivity index (χ4n) is 4.70. The van der Waals surface area contributed by atoms with Crippen LogP contribution in [0.3, 0.4) is 0 Å². The second-order valence-corrected chi connectivity index (χ2v) is 11.7. The average Bonchev–Trinajstić information content (AvgIpc) is 3.43. The first-order chi connectivity index (χ1) is 18.0. The van der Waals surface area contributed by atoms with Crippen molar-refractivity contribution in [2.45, 2.75) is 51.2 Å². The van der Waals surface area contributed by atoms with Crippen molar-refractivity contribution in [3.63, 3.8) is 0 Å². The van der Waals surface area contributed by atoms with Crippen LogP contribution in [0.25, 0.3) is 11.3 Å². The predicted octanol–water partition coefficient (Wildman–Crippen LogP) is 3.96. The first-order valence-corrected chi connectivity index (χ1v) is 13.9. The van der Waals surface area contributed by atoms with E-state index in [1.54, 1.807) is 70.2 Å². The van der Waals surface area contributed by atoms with E-state index < -0.39 is 33.8 Å². The third kappa shape index (κ3) is 5.37. The normalized spacial score (nSPS) is 18.5. The Bertz CT molecular complexity index is 1410. The van der Waals surface area contributed by atoms with E-state index in [-0.39, 0.29) is 36.4 Å². The number of hydrogen-bond acceptors (Lipinski definition) is 5. The lowest BCUT2D eigenvalue weighted by molar-refractivity contribution is -0.148. The highest BCUT2D eigenvalue weighted by Crippen LogP contribution is 2.28. The van der Waals surface area contributed by atoms with E-state index in [1.165, 1.54) is 27.6 Å². The Labute approximate surface area is 222 Å². The second-order valence-electron chi connectivity index (χ2n) is 9.81. The zero-order valence-electron chi connectivity index (χ0n) is 21.8. The summed E-state index contributed by atoms with van der Waals surface area (Å²) in [7, 11) is -3.88. The Balaban J connectivity index is 1.58. The number of nitrogens with zero attached hydrogens (tertiary/aromatic N) is 2. The minimum Gasteiger partial charge on any atom is -0.464 e. The molecule has 10 heteroatoms. The van der Waals surface area contributed by atoms with Crippen molar-refractivity contribution in [2.75, 3.05) is 13.1 Å². The molecule has 1 aliphatic heterocycles. The third-order valence-corrected chi connectivity index (χ3v) is 8.67. The highest BCUT2D eigenvalue weighted by atomic mass is 32.2. The molecule has 1 aliphatic rings. The fourth-order valence-corrected chi connectivity index (χ4v) is 6.25. The van der Waals surface area contributed by atoms with Gasteiger partial charge in [-0.05, 0) is 55.3 Å². The molecule has 0 saturated carbocycles. The molecular formula is C28H32FN3O5S. The molecule has 0 spiro atoms. The molecule has 0 radical (unpaired) electrons. The lowest BCUT2D eigenvalue weighted by Crippen LogP contribution is -2.65. The molecule has 38 heavy (non-hydrogen) atoms. The second kappa shape index (κ2) is 11.1. The van der Waals surface area contributed by atoms with Crippen molar-refractivity contribution >= 4 is 21.8 Å². The van der Waals surface area contributed by atoms with Gasteiger partial charge in [-0.2, -0.15) is 4.31 Å². The third-order valence-electron chi connectivity index (χ3n) is 6.83. The van der Waals surface area contributed by atoms with Gasteiger partial charge in [0.15, 0.2) is 0 Å². The first kappa shape index (κ1) is 27.5. The summed E-state index contributed by atoms with van der Waals surface area (Å²) in [5.41, 5.74) is 1.24. The van der Waals surface area contributed by atoms with Crippen LogP contribution in [0.4, 0.5) is 4.39 Å². The van der Waals surface area contributed by atoms with Crippen LogP contribution >= 0.6 is 0 Å². The molecule has 2 amide bonds. The summed E-state index contributed by atoms with van der Waals surface area (Å²) in [6.45, 7) is 6.73. The minimum absolute atomic E-state index is 0.0139. The molecule has 0 bridgehead atoms. The molecule has 8 nitrogen and oxygen atoms in total. The lowest BCUT2D eigenvalue weighted by atomic mass is 10.0. The molecule has 3 aromatic rings. The number of rotatable bonds is 7. The van der Waals surface area contributed by atoms with Gasteiger partial charge in [-0.1, -0.05) is 38.1 Å². The topological polar surface area (TPSA) is 99.9 Å². The van der Waals surface area contributed by atoms with Crippen molar-refractivity contribution in [1.82, 2.24) is 14.5 Å². The average molecular weight is 542 g/mol. The zero-order valence-corrected chi connectivity index (χ0v) is 22.7. The predicted molar refractivity (Wildman–Crippen MR) is 141 cm³/mol. The summed E-state index contributed by atoms with van der Waals surface area (Å²) >= 11 is 0. The van der Waals surface area contributed by atoms with Crippen LogP contribution in [-0.2, 0) is 26.2 Å². The van der Waals surface area contributed by atoms with Crippen LogP contribution in [0.5, 0.6) is 0 Å². The quantitative estimate of drug-likeness (QED) is 0.488. The van der Waals surface area contributed by atoms with Crippen molar-refractivity contribution in [2.24, 2.45) is 5.92 Å². The molecule has 1 saturated heterocycles. The van der Waals surface area contributed by atoms with Gasteiger partial charge in [-0.15, -0.1) is 0 Å². The number of carbonyl (C=O) groups is 2. The van der Waals surface area contributed by atoms with Crippen LogP contribution in [0, 0.1) is 18.7 Å². The molecular weight excluding hydrogens is 509 g/mol. The van der Waals surface area contributed by atoms with Crippen LogP contribution in [0.1, 0.15) is 31.9 Å². The summed E-state index contributed by atoms with van der Waals surface area (Å²) in [5.74, 6) is -1.17. The Morgan fingerprint density at radius 3 is 2.42 bits per heavy atom. The molecule has 2 aromatic carbocycles. The number of nitrogens with one attached hydrogen (secondary N) is 1. The van der Waals surface area contributed by atoms with E-state index in [1.807, 2.05) is 0 Å². The van der Waals surface area contributed by atoms with Crippen molar-refractivity contribution in [3.05, 3.63) is 77.8 Å². The van der Waals surface area contributed by atoms with Crippen molar-refractivity contribution < 1.29 is 26.8 Å². The summed E-state index contributed by atoms with van der Waals surface area (Å²) in [4.78, 5) is 28.2. The standard InChI is InChI=1S/C28H32FN3O5S/c1-18(2)28(34)32-19(3)16-31(38(35,36)22-9-6-5-7-10-22)17-24(32)27(33)30-15-21-12-13-23(26(29)20(21)4)25-11-8-14-37-25/h5-14,18-19,24H,15-17H2,1-4H3,(H,30,33). The van der Waals surface area contributed by atoms with Gasteiger partial charge in [0.05, 0.1) is 16.7 Å². The van der Waals surface area contributed by atoms with E-state index in [4.69, 9.17) is 4.42 Å². The van der Waals surface area contributed by atoms with Gasteiger partial charge in [0.25, 0.3) is 0 Å². The van der Waals surface area contributed by atoms with Crippen LogP contribution in [0.2, 0.25) is 0 Å². The minimum atomic E-state index is -3.88. The number of carbonyl (C=O) groups excluding carboxylic acids is 2. The smallest absolute Gasteiger partial charge is 0.244 e. The van der Waals surface area contributed by atoms with Gasteiger partial charge in [0, 0.05) is 31.6 Å². The maximum Gasteiger partial charge on any atom is 0.244 e. The number of benzene rings is 2.